The number of carbonyl (C=O) groups is 2. The predicted octanol–water partition coefficient (Wildman–Crippen LogP) is 9.51. The monoisotopic (exact) mass is 745 g/mol. The van der Waals surface area contributed by atoms with Crippen molar-refractivity contribution in [3.63, 3.8) is 0 Å². The second-order valence-corrected chi connectivity index (χ2v) is 15.1. The molecule has 0 aromatic carbocycles. The third-order valence-electron chi connectivity index (χ3n) is 8.76. The van der Waals surface area contributed by atoms with Crippen molar-refractivity contribution in [1.29, 1.82) is 0 Å². The molecule has 3 atom stereocenters. The van der Waals surface area contributed by atoms with Crippen molar-refractivity contribution in [2.24, 2.45) is 0 Å². The van der Waals surface area contributed by atoms with Crippen LogP contribution in [-0.4, -0.2) is 95.2 Å². The first kappa shape index (κ1) is 52.1. The number of phosphoric ester groups is 1. The molecule has 0 aromatic rings. The topological polar surface area (TPSA) is 149 Å². The van der Waals surface area contributed by atoms with Gasteiger partial charge in [-0.25, -0.2) is 4.57 Å². The molecule has 0 aliphatic carbocycles. The zero-order valence-electron chi connectivity index (χ0n) is 32.4. The summed E-state index contributed by atoms with van der Waals surface area (Å²) < 4.78 is 32.6. The van der Waals surface area contributed by atoms with Gasteiger partial charge in [-0.05, 0) is 12.8 Å². The van der Waals surface area contributed by atoms with Gasteiger partial charge >= 0.3 is 19.8 Å². The van der Waals surface area contributed by atoms with E-state index in [2.05, 4.69) is 18.4 Å². The second kappa shape index (κ2) is 38.7. The summed E-state index contributed by atoms with van der Waals surface area (Å²) in [5.74, 6) is -0.913. The number of hydrogen-bond acceptors (Lipinski definition) is 9. The van der Waals surface area contributed by atoms with Crippen LogP contribution in [0.25, 0.3) is 0 Å². The van der Waals surface area contributed by atoms with Gasteiger partial charge in [0.25, 0.3) is 0 Å². The maximum absolute atomic E-state index is 12.5. The Morgan fingerprint density at radius 2 is 0.880 bits per heavy atom. The molecule has 0 heterocycles. The molecule has 1 radical (unpaired) electrons. The number of hydrogen-bond donors (Lipinski definition) is 3. The van der Waals surface area contributed by atoms with Gasteiger partial charge in [0.2, 0.25) is 0 Å². The first-order valence-electron chi connectivity index (χ1n) is 20.0. The molecular weight excluding hydrogens is 670 g/mol. The Kier molecular flexibility index (Phi) is 40.3. The minimum Gasteiger partial charge on any atom is -0.462 e. The van der Waals surface area contributed by atoms with Crippen LogP contribution < -0.4 is 0 Å². The quantitative estimate of drug-likeness (QED) is 0.0241. The maximum atomic E-state index is 12.5. The number of carbonyl (C=O) groups excluding carboxylic acids is 2. The van der Waals surface area contributed by atoms with Crippen LogP contribution in [0.4, 0.5) is 0 Å². The summed E-state index contributed by atoms with van der Waals surface area (Å²) >= 11 is 0. The van der Waals surface area contributed by atoms with E-state index in [0.717, 1.165) is 38.5 Å². The Bertz CT molecular complexity index is 804. The zero-order valence-corrected chi connectivity index (χ0v) is 35.3. The second-order valence-electron chi connectivity index (χ2n) is 13.7. The standard InChI is InChI=1S/C38H75O10P.Na/c1-3-5-7-9-11-13-15-17-19-21-23-25-27-29-37(41)45-33-36(34-47-49(43,44)46-32-35(40)31-39)48-38(42)30-28-26-24-22-20-18-16-14-12-10-8-6-4-2;/h35-36,39-40H,3-34H2,1-2H3,(H,43,44);. The van der Waals surface area contributed by atoms with E-state index in [-0.39, 0.29) is 49.0 Å². The SMILES string of the molecule is CCCCCCCCCCCCCCCC(=O)OCC(COP(=O)(O)OCC(O)CO)OC(=O)CCCCCCCCCCCCCCC.[Na]. The van der Waals surface area contributed by atoms with Crippen molar-refractivity contribution in [3.05, 3.63) is 0 Å². The molecule has 293 valence electrons. The maximum Gasteiger partial charge on any atom is 0.472 e. The van der Waals surface area contributed by atoms with Crippen LogP contribution in [0.15, 0.2) is 0 Å². The molecule has 12 heteroatoms. The van der Waals surface area contributed by atoms with E-state index in [1.165, 1.54) is 116 Å². The van der Waals surface area contributed by atoms with Crippen LogP contribution in [0.1, 0.15) is 194 Å². The number of aliphatic hydroxyl groups is 2. The molecule has 0 aliphatic heterocycles. The first-order chi connectivity index (χ1) is 23.7. The molecule has 0 spiro atoms. The van der Waals surface area contributed by atoms with E-state index in [0.29, 0.717) is 12.8 Å². The summed E-state index contributed by atoms with van der Waals surface area (Å²) in [5, 5.41) is 18.3. The van der Waals surface area contributed by atoms with Gasteiger partial charge in [0.05, 0.1) is 19.8 Å². The molecular formula is C38H75NaO10P. The van der Waals surface area contributed by atoms with Crippen LogP contribution >= 0.6 is 7.82 Å². The van der Waals surface area contributed by atoms with Crippen molar-refractivity contribution in [2.45, 2.75) is 206 Å². The molecule has 0 aromatic heterocycles. The molecule has 50 heavy (non-hydrogen) atoms. The van der Waals surface area contributed by atoms with Crippen molar-refractivity contribution in [3.8, 4) is 0 Å². The Hall–Kier alpha value is -0.0300. The van der Waals surface area contributed by atoms with E-state index >= 15 is 0 Å². The number of esters is 2. The molecule has 0 rings (SSSR count). The average Bonchev–Trinajstić information content (AvgIpc) is 3.09. The molecule has 0 aliphatic rings. The summed E-state index contributed by atoms with van der Waals surface area (Å²) in [7, 11) is -4.60. The summed E-state index contributed by atoms with van der Waals surface area (Å²) in [6, 6.07) is 0. The van der Waals surface area contributed by atoms with Gasteiger partial charge < -0.3 is 24.6 Å². The summed E-state index contributed by atoms with van der Waals surface area (Å²) in [5.41, 5.74) is 0. The molecule has 10 nitrogen and oxygen atoms in total. The van der Waals surface area contributed by atoms with Gasteiger partial charge in [0, 0.05) is 42.4 Å². The van der Waals surface area contributed by atoms with Gasteiger partial charge in [-0.2, -0.15) is 0 Å². The minimum atomic E-state index is -4.60. The Morgan fingerprint density at radius 3 is 1.26 bits per heavy atom. The van der Waals surface area contributed by atoms with Gasteiger partial charge in [-0.15, -0.1) is 0 Å². The zero-order chi connectivity index (χ0) is 36.3. The van der Waals surface area contributed by atoms with Crippen LogP contribution in [0.3, 0.4) is 0 Å². The van der Waals surface area contributed by atoms with Crippen LogP contribution in [0.2, 0.25) is 0 Å². The molecule has 0 saturated heterocycles. The molecule has 0 saturated carbocycles. The Labute approximate surface area is 327 Å². The fourth-order valence-electron chi connectivity index (χ4n) is 5.64. The van der Waals surface area contributed by atoms with Crippen LogP contribution in [0, 0.1) is 0 Å². The smallest absolute Gasteiger partial charge is 0.462 e. The average molecular weight is 746 g/mol. The fraction of sp³-hybridized carbons (Fsp3) is 0.947. The van der Waals surface area contributed by atoms with E-state index in [9.17, 15) is 24.2 Å². The largest absolute Gasteiger partial charge is 0.472 e. The molecule has 3 N–H and O–H groups in total. The molecule has 0 fully saturated rings. The van der Waals surface area contributed by atoms with Gasteiger partial charge in [-0.1, -0.05) is 168 Å². The van der Waals surface area contributed by atoms with E-state index in [4.69, 9.17) is 19.1 Å². The molecule has 3 unspecified atom stereocenters. The van der Waals surface area contributed by atoms with Crippen molar-refractivity contribution in [2.75, 3.05) is 26.4 Å². The molecule has 0 amide bonds. The summed E-state index contributed by atoms with van der Waals surface area (Å²) in [6.07, 6.45) is 29.2. The Balaban J connectivity index is 0. The van der Waals surface area contributed by atoms with Crippen LogP contribution in [-0.2, 0) is 32.7 Å². The number of ether oxygens (including phenoxy) is 2. The molecule has 0 bridgehead atoms. The van der Waals surface area contributed by atoms with E-state index < -0.39 is 51.8 Å². The number of unbranched alkanes of at least 4 members (excludes halogenated alkanes) is 24. The van der Waals surface area contributed by atoms with Gasteiger partial charge in [0.15, 0.2) is 6.10 Å². The normalized spacial score (nSPS) is 13.7. The van der Waals surface area contributed by atoms with E-state index in [1.54, 1.807) is 0 Å². The van der Waals surface area contributed by atoms with Crippen LogP contribution in [0.5, 0.6) is 0 Å². The van der Waals surface area contributed by atoms with Gasteiger partial charge in [0.1, 0.15) is 12.7 Å². The number of phosphoric acid groups is 1. The summed E-state index contributed by atoms with van der Waals surface area (Å²) in [4.78, 5) is 34.8. The van der Waals surface area contributed by atoms with Crippen molar-refractivity contribution >= 4 is 49.3 Å². The number of rotatable bonds is 38. The third-order valence-corrected chi connectivity index (χ3v) is 9.71. The summed E-state index contributed by atoms with van der Waals surface area (Å²) in [6.45, 7) is 2.39. The van der Waals surface area contributed by atoms with E-state index in [1.807, 2.05) is 0 Å². The van der Waals surface area contributed by atoms with Crippen molar-refractivity contribution < 1.29 is 47.8 Å². The number of aliphatic hydroxyl groups excluding tert-OH is 2. The van der Waals surface area contributed by atoms with Gasteiger partial charge in [-0.3, -0.25) is 18.6 Å². The minimum absolute atomic E-state index is 0. The fourth-order valence-corrected chi connectivity index (χ4v) is 6.43. The first-order valence-corrected chi connectivity index (χ1v) is 21.5. The third kappa shape index (κ3) is 37.7. The van der Waals surface area contributed by atoms with Crippen molar-refractivity contribution in [1.82, 2.24) is 0 Å². The Morgan fingerprint density at radius 1 is 0.540 bits per heavy atom. The predicted molar refractivity (Wildman–Crippen MR) is 202 cm³/mol.